The highest BCUT2D eigenvalue weighted by Crippen LogP contribution is 2.37. The van der Waals surface area contributed by atoms with Gasteiger partial charge in [0.15, 0.2) is 0 Å². The second kappa shape index (κ2) is 5.55. The van der Waals surface area contributed by atoms with E-state index < -0.39 is 0 Å². The molecule has 1 heterocycles. The maximum Gasteiger partial charge on any atom is 0.136 e. The summed E-state index contributed by atoms with van der Waals surface area (Å²) < 4.78 is 6.62. The Bertz CT molecular complexity index is 360. The van der Waals surface area contributed by atoms with Gasteiger partial charge in [-0.15, -0.1) is 0 Å². The lowest BCUT2D eigenvalue weighted by Gasteiger charge is -2.31. The second-order valence-corrected chi connectivity index (χ2v) is 6.06. The molecule has 3 nitrogen and oxygen atoms in total. The summed E-state index contributed by atoms with van der Waals surface area (Å²) in [6.45, 7) is 6.19. The van der Waals surface area contributed by atoms with Crippen molar-refractivity contribution in [3.8, 4) is 0 Å². The van der Waals surface area contributed by atoms with E-state index in [1.54, 1.807) is 6.26 Å². The number of halogens is 1. The molecule has 17 heavy (non-hydrogen) atoms. The van der Waals surface area contributed by atoms with Crippen LogP contribution in [0.5, 0.6) is 0 Å². The van der Waals surface area contributed by atoms with Gasteiger partial charge >= 0.3 is 0 Å². The number of nitrogens with zero attached hydrogens (tertiary/aromatic N) is 1. The van der Waals surface area contributed by atoms with Crippen LogP contribution >= 0.6 is 15.9 Å². The van der Waals surface area contributed by atoms with Crippen molar-refractivity contribution < 1.29 is 4.42 Å². The summed E-state index contributed by atoms with van der Waals surface area (Å²) in [5.74, 6) is 1.62. The van der Waals surface area contributed by atoms with Crippen molar-refractivity contribution in [3.05, 3.63) is 22.6 Å². The molecule has 0 saturated heterocycles. The number of hydrogen-bond acceptors (Lipinski definition) is 3. The maximum atomic E-state index is 5.95. The zero-order valence-corrected chi connectivity index (χ0v) is 12.1. The molecule has 0 amide bonds. The first kappa shape index (κ1) is 13.1. The average Bonchev–Trinajstić information content (AvgIpc) is 3.03. The van der Waals surface area contributed by atoms with E-state index in [4.69, 9.17) is 10.2 Å². The first-order chi connectivity index (χ1) is 8.13. The van der Waals surface area contributed by atoms with E-state index in [0.717, 1.165) is 16.8 Å². The first-order valence-corrected chi connectivity index (χ1v) is 7.11. The Morgan fingerprint density at radius 2 is 2.24 bits per heavy atom. The standard InChI is InChI=1S/C13H21BrN2O/c1-9(2)8-16(10-3-4-10)12(7-15)13-11(14)5-6-17-13/h5-6,9-10,12H,3-4,7-8,15H2,1-2H3. The molecule has 1 atom stereocenters. The van der Waals surface area contributed by atoms with Crippen molar-refractivity contribution in [1.82, 2.24) is 4.90 Å². The molecular formula is C13H21BrN2O. The number of hydrogen-bond donors (Lipinski definition) is 1. The van der Waals surface area contributed by atoms with Gasteiger partial charge in [0.25, 0.3) is 0 Å². The van der Waals surface area contributed by atoms with Gasteiger partial charge in [-0.3, -0.25) is 4.90 Å². The van der Waals surface area contributed by atoms with Crippen LogP contribution in [-0.4, -0.2) is 24.0 Å². The van der Waals surface area contributed by atoms with Crippen LogP contribution in [-0.2, 0) is 0 Å². The molecule has 2 N–H and O–H groups in total. The smallest absolute Gasteiger partial charge is 0.136 e. The topological polar surface area (TPSA) is 42.4 Å². The monoisotopic (exact) mass is 300 g/mol. The lowest BCUT2D eigenvalue weighted by Crippen LogP contribution is -2.38. The van der Waals surface area contributed by atoms with Gasteiger partial charge in [0.1, 0.15) is 5.76 Å². The normalized spacial score (nSPS) is 18.0. The first-order valence-electron chi connectivity index (χ1n) is 6.32. The molecule has 1 aliphatic rings. The quantitative estimate of drug-likeness (QED) is 0.877. The highest BCUT2D eigenvalue weighted by Gasteiger charge is 2.36. The molecule has 0 spiro atoms. The highest BCUT2D eigenvalue weighted by molar-refractivity contribution is 9.10. The van der Waals surface area contributed by atoms with Crippen LogP contribution in [0, 0.1) is 5.92 Å². The molecular weight excluding hydrogens is 280 g/mol. The van der Waals surface area contributed by atoms with Gasteiger partial charge < -0.3 is 10.2 Å². The summed E-state index contributed by atoms with van der Waals surface area (Å²) in [6, 6.07) is 2.84. The fraction of sp³-hybridized carbons (Fsp3) is 0.692. The van der Waals surface area contributed by atoms with Crippen molar-refractivity contribution in [2.24, 2.45) is 11.7 Å². The van der Waals surface area contributed by atoms with Crippen LogP contribution in [0.25, 0.3) is 0 Å². The fourth-order valence-electron chi connectivity index (χ4n) is 2.29. The molecule has 4 heteroatoms. The Labute approximate surface area is 111 Å². The Kier molecular flexibility index (Phi) is 4.28. The lowest BCUT2D eigenvalue weighted by molar-refractivity contribution is 0.150. The third-order valence-electron chi connectivity index (χ3n) is 3.16. The Hall–Kier alpha value is -0.320. The molecule has 0 bridgehead atoms. The van der Waals surface area contributed by atoms with Crippen molar-refractivity contribution in [1.29, 1.82) is 0 Å². The molecule has 0 aliphatic heterocycles. The van der Waals surface area contributed by atoms with Gasteiger partial charge in [0.05, 0.1) is 16.8 Å². The molecule has 0 aromatic carbocycles. The zero-order valence-electron chi connectivity index (χ0n) is 10.5. The van der Waals surface area contributed by atoms with Gasteiger partial charge in [0, 0.05) is 19.1 Å². The van der Waals surface area contributed by atoms with E-state index in [-0.39, 0.29) is 6.04 Å². The summed E-state index contributed by atoms with van der Waals surface area (Å²) in [6.07, 6.45) is 4.31. The van der Waals surface area contributed by atoms with E-state index in [0.29, 0.717) is 18.5 Å². The molecule has 1 aliphatic carbocycles. The van der Waals surface area contributed by atoms with Crippen LogP contribution in [0.2, 0.25) is 0 Å². The number of nitrogens with two attached hydrogens (primary N) is 1. The second-order valence-electron chi connectivity index (χ2n) is 5.21. The van der Waals surface area contributed by atoms with Crippen LogP contribution in [0.4, 0.5) is 0 Å². The highest BCUT2D eigenvalue weighted by atomic mass is 79.9. The van der Waals surface area contributed by atoms with Crippen LogP contribution < -0.4 is 5.73 Å². The molecule has 1 unspecified atom stereocenters. The SMILES string of the molecule is CC(C)CN(C1CC1)C(CN)c1occc1Br. The summed E-state index contributed by atoms with van der Waals surface area (Å²) >= 11 is 3.54. The van der Waals surface area contributed by atoms with Gasteiger partial charge in [-0.1, -0.05) is 13.8 Å². The minimum absolute atomic E-state index is 0.203. The Morgan fingerprint density at radius 3 is 2.65 bits per heavy atom. The third kappa shape index (κ3) is 3.12. The van der Waals surface area contributed by atoms with Crippen LogP contribution in [0.3, 0.4) is 0 Å². The number of furan rings is 1. The molecule has 96 valence electrons. The Morgan fingerprint density at radius 1 is 1.53 bits per heavy atom. The van der Waals surface area contributed by atoms with Crippen molar-refractivity contribution in [2.75, 3.05) is 13.1 Å². The average molecular weight is 301 g/mol. The molecule has 1 aromatic rings. The van der Waals surface area contributed by atoms with Crippen molar-refractivity contribution in [3.63, 3.8) is 0 Å². The maximum absolute atomic E-state index is 5.95. The lowest BCUT2D eigenvalue weighted by atomic mass is 10.1. The Balaban J connectivity index is 2.17. The molecule has 1 fully saturated rings. The van der Waals surface area contributed by atoms with E-state index in [1.165, 1.54) is 12.8 Å². The van der Waals surface area contributed by atoms with Crippen molar-refractivity contribution >= 4 is 15.9 Å². The van der Waals surface area contributed by atoms with E-state index in [1.807, 2.05) is 6.07 Å². The van der Waals surface area contributed by atoms with Crippen LogP contribution in [0.15, 0.2) is 21.2 Å². The van der Waals surface area contributed by atoms with Crippen LogP contribution in [0.1, 0.15) is 38.5 Å². The minimum atomic E-state index is 0.203. The van der Waals surface area contributed by atoms with E-state index in [2.05, 4.69) is 34.7 Å². The molecule has 1 saturated carbocycles. The summed E-state index contributed by atoms with van der Waals surface area (Å²) in [5.41, 5.74) is 5.95. The van der Waals surface area contributed by atoms with Gasteiger partial charge in [-0.2, -0.15) is 0 Å². The van der Waals surface area contributed by atoms with Crippen molar-refractivity contribution in [2.45, 2.75) is 38.8 Å². The molecule has 2 rings (SSSR count). The predicted octanol–water partition coefficient (Wildman–Crippen LogP) is 3.16. The van der Waals surface area contributed by atoms with Gasteiger partial charge in [-0.25, -0.2) is 0 Å². The minimum Gasteiger partial charge on any atom is -0.466 e. The van der Waals surface area contributed by atoms with E-state index in [9.17, 15) is 0 Å². The third-order valence-corrected chi connectivity index (χ3v) is 3.82. The molecule has 0 radical (unpaired) electrons. The fourth-order valence-corrected chi connectivity index (χ4v) is 2.76. The summed E-state index contributed by atoms with van der Waals surface area (Å²) in [7, 11) is 0. The zero-order chi connectivity index (χ0) is 12.4. The molecule has 1 aromatic heterocycles. The largest absolute Gasteiger partial charge is 0.466 e. The van der Waals surface area contributed by atoms with Gasteiger partial charge in [-0.05, 0) is 40.8 Å². The summed E-state index contributed by atoms with van der Waals surface area (Å²) in [5, 5.41) is 0. The predicted molar refractivity (Wildman–Crippen MR) is 72.8 cm³/mol. The van der Waals surface area contributed by atoms with E-state index >= 15 is 0 Å². The van der Waals surface area contributed by atoms with Gasteiger partial charge in [0.2, 0.25) is 0 Å². The summed E-state index contributed by atoms with van der Waals surface area (Å²) in [4.78, 5) is 2.51. The number of rotatable bonds is 6.